The van der Waals surface area contributed by atoms with Crippen molar-refractivity contribution in [3.8, 4) is 5.75 Å². The number of nitrogens with zero attached hydrogens (tertiary/aromatic N) is 3. The first-order valence-corrected chi connectivity index (χ1v) is 19.9. The van der Waals surface area contributed by atoms with Crippen LogP contribution in [0.4, 0.5) is 10.5 Å². The highest BCUT2D eigenvalue weighted by Gasteiger charge is 2.46. The number of likely N-dealkylation sites (N-methyl/N-ethyl adjacent to an activating group) is 2. The molecule has 11 nitrogen and oxygen atoms in total. The lowest BCUT2D eigenvalue weighted by molar-refractivity contribution is -0.128. The van der Waals surface area contributed by atoms with E-state index < -0.39 is 27.6 Å². The molecule has 2 aromatic rings. The Morgan fingerprint density at radius 1 is 1.14 bits per heavy atom. The molecule has 0 radical (unpaired) electrons. The summed E-state index contributed by atoms with van der Waals surface area (Å²) in [6.45, 7) is 6.48. The van der Waals surface area contributed by atoms with Crippen LogP contribution < -0.4 is 14.4 Å². The van der Waals surface area contributed by atoms with Crippen LogP contribution in [-0.2, 0) is 36.1 Å². The number of hydrogen-bond acceptors (Lipinski definition) is 9. The van der Waals surface area contributed by atoms with Crippen molar-refractivity contribution < 1.29 is 32.2 Å². The lowest BCUT2D eigenvalue weighted by Gasteiger charge is -2.46. The number of ether oxygens (including phenoxy) is 3. The summed E-state index contributed by atoms with van der Waals surface area (Å²) in [6, 6.07) is 10.9. The van der Waals surface area contributed by atoms with Gasteiger partial charge >= 0.3 is 6.09 Å². The van der Waals surface area contributed by atoms with E-state index in [4.69, 9.17) is 25.8 Å². The first kappa shape index (κ1) is 36.1. The Morgan fingerprint density at radius 3 is 2.71 bits per heavy atom. The van der Waals surface area contributed by atoms with Crippen molar-refractivity contribution in [3.05, 3.63) is 64.7 Å². The number of anilines is 1. The van der Waals surface area contributed by atoms with Gasteiger partial charge in [-0.25, -0.2) is 17.9 Å². The van der Waals surface area contributed by atoms with Crippen molar-refractivity contribution in [2.75, 3.05) is 58.5 Å². The average Bonchev–Trinajstić information content (AvgIpc) is 3.57. The molecule has 5 aliphatic rings. The third kappa shape index (κ3) is 6.96. The lowest BCUT2D eigenvalue weighted by Crippen LogP contribution is -2.54. The Morgan fingerprint density at radius 2 is 1.96 bits per heavy atom. The standard InChI is InChI=1S/C38H49ClN4O7S/c1-37(2)35(44)40-51(46,47)29-11-14-34-32(20-29)43(23-38(24-49-34)16-5-7-25-19-27(39)10-13-31(25)38)21-26-9-12-30(26)33(8-6-17-41(37)3)50-36(45)42(4)28-15-18-48-22-28/h6,8,10-11,13-14,19-20,26,28,30,33H,5,7,9,12,15-18,21-24H2,1-4H3,(H,40,44)/b8-6+/t26-,28+,30+,33-,38-/m0/s1. The SMILES string of the molecule is CN(C(=O)O[C@H]1/C=C/CN(C)C(C)(C)C(=O)NS(=O)(=O)c2ccc3c(c2)N(C[C@@H]2CC[C@H]21)C[C@@]1(CCCc2cc(Cl)ccc21)CO3)[C@@H]1CCOC1. The summed E-state index contributed by atoms with van der Waals surface area (Å²) in [6.07, 6.45) is 8.40. The third-order valence-electron chi connectivity index (χ3n) is 12.1. The molecule has 0 aromatic heterocycles. The van der Waals surface area contributed by atoms with Crippen LogP contribution >= 0.6 is 11.6 Å². The predicted molar refractivity (Wildman–Crippen MR) is 195 cm³/mol. The molecular formula is C38H49ClN4O7S. The number of carbonyl (C=O) groups excluding carboxylic acids is 2. The number of hydrogen-bond donors (Lipinski definition) is 1. The minimum absolute atomic E-state index is 0.00341. The zero-order valence-corrected chi connectivity index (χ0v) is 31.5. The highest BCUT2D eigenvalue weighted by molar-refractivity contribution is 7.90. The zero-order chi connectivity index (χ0) is 36.1. The van der Waals surface area contributed by atoms with E-state index in [0.717, 1.165) is 38.5 Å². The molecule has 1 N–H and O–H groups in total. The Labute approximate surface area is 306 Å². The summed E-state index contributed by atoms with van der Waals surface area (Å²) in [7, 11) is -0.678. The largest absolute Gasteiger partial charge is 0.490 e. The summed E-state index contributed by atoms with van der Waals surface area (Å²) in [5.41, 5.74) is 1.57. The molecule has 2 bridgehead atoms. The number of benzene rings is 2. The first-order chi connectivity index (χ1) is 24.3. The van der Waals surface area contributed by atoms with Crippen LogP contribution in [0, 0.1) is 11.8 Å². The van der Waals surface area contributed by atoms with Crippen molar-refractivity contribution in [1.82, 2.24) is 14.5 Å². The van der Waals surface area contributed by atoms with Gasteiger partial charge in [-0.2, -0.15) is 0 Å². The van der Waals surface area contributed by atoms with Gasteiger partial charge in [-0.15, -0.1) is 0 Å². The fraction of sp³-hybridized carbons (Fsp3) is 0.579. The number of amides is 2. The molecule has 5 atom stereocenters. The zero-order valence-electron chi connectivity index (χ0n) is 29.9. The van der Waals surface area contributed by atoms with E-state index in [9.17, 15) is 18.0 Å². The van der Waals surface area contributed by atoms with Crippen molar-refractivity contribution in [3.63, 3.8) is 0 Å². The van der Waals surface area contributed by atoms with Crippen LogP contribution in [0.3, 0.4) is 0 Å². The molecular weight excluding hydrogens is 692 g/mol. The molecule has 2 aliphatic carbocycles. The van der Waals surface area contributed by atoms with Gasteiger partial charge in [0, 0.05) is 49.6 Å². The van der Waals surface area contributed by atoms with E-state index in [-0.39, 0.29) is 34.3 Å². The Balaban J connectivity index is 1.28. The number of sulfonamides is 1. The maximum absolute atomic E-state index is 13.8. The second-order valence-corrected chi connectivity index (χ2v) is 17.6. The molecule has 1 saturated heterocycles. The van der Waals surface area contributed by atoms with Crippen molar-refractivity contribution in [2.24, 2.45) is 11.8 Å². The fourth-order valence-electron chi connectivity index (χ4n) is 8.30. The summed E-state index contributed by atoms with van der Waals surface area (Å²) >= 11 is 6.45. The molecule has 2 aromatic carbocycles. The van der Waals surface area contributed by atoms with Crippen LogP contribution in [0.5, 0.6) is 5.75 Å². The summed E-state index contributed by atoms with van der Waals surface area (Å²) in [4.78, 5) is 32.8. The minimum atomic E-state index is -4.21. The number of carbonyl (C=O) groups is 2. The molecule has 13 heteroatoms. The van der Waals surface area contributed by atoms with Crippen LogP contribution in [0.1, 0.15) is 57.1 Å². The van der Waals surface area contributed by atoms with Gasteiger partial charge in [0.05, 0.1) is 35.4 Å². The van der Waals surface area contributed by atoms with E-state index in [2.05, 4.69) is 21.8 Å². The molecule has 276 valence electrons. The molecule has 1 saturated carbocycles. The topological polar surface area (TPSA) is 118 Å². The second kappa shape index (κ2) is 13.9. The van der Waals surface area contributed by atoms with Crippen LogP contribution in [0.15, 0.2) is 53.4 Å². The van der Waals surface area contributed by atoms with Gasteiger partial charge < -0.3 is 24.0 Å². The highest BCUT2D eigenvalue weighted by Crippen LogP contribution is 2.47. The van der Waals surface area contributed by atoms with Gasteiger partial charge in [0.15, 0.2) is 0 Å². The molecule has 3 aliphatic heterocycles. The van der Waals surface area contributed by atoms with Crippen LogP contribution in [-0.4, -0.2) is 101 Å². The molecule has 0 unspecified atom stereocenters. The number of halogens is 1. The normalized spacial score (nSPS) is 30.8. The van der Waals surface area contributed by atoms with Gasteiger partial charge in [0.25, 0.3) is 15.9 Å². The summed E-state index contributed by atoms with van der Waals surface area (Å²) < 4.78 is 48.4. The van der Waals surface area contributed by atoms with E-state index in [1.165, 1.54) is 17.2 Å². The van der Waals surface area contributed by atoms with Crippen molar-refractivity contribution in [2.45, 2.75) is 80.4 Å². The lowest BCUT2D eigenvalue weighted by atomic mass is 9.68. The predicted octanol–water partition coefficient (Wildman–Crippen LogP) is 5.15. The third-order valence-corrected chi connectivity index (χ3v) is 13.7. The van der Waals surface area contributed by atoms with Gasteiger partial charge in [0.2, 0.25) is 0 Å². The van der Waals surface area contributed by atoms with Crippen molar-refractivity contribution in [1.29, 1.82) is 0 Å². The van der Waals surface area contributed by atoms with Gasteiger partial charge in [-0.1, -0.05) is 23.7 Å². The number of nitrogens with one attached hydrogen (secondary N) is 1. The maximum Gasteiger partial charge on any atom is 0.410 e. The van der Waals surface area contributed by atoms with Gasteiger partial charge in [0.1, 0.15) is 11.9 Å². The van der Waals surface area contributed by atoms with Crippen LogP contribution in [0.2, 0.25) is 5.02 Å². The average molecular weight is 741 g/mol. The molecule has 7 rings (SSSR count). The molecule has 1 spiro atoms. The van der Waals surface area contributed by atoms with E-state index in [1.54, 1.807) is 49.9 Å². The quantitative estimate of drug-likeness (QED) is 0.418. The highest BCUT2D eigenvalue weighted by atomic mass is 35.5. The van der Waals surface area contributed by atoms with Gasteiger partial charge in [-0.05, 0) is 113 Å². The molecule has 51 heavy (non-hydrogen) atoms. The Kier molecular flexibility index (Phi) is 9.83. The van der Waals surface area contributed by atoms with E-state index >= 15 is 0 Å². The maximum atomic E-state index is 13.8. The number of aryl methyl sites for hydroxylation is 1. The smallest absolute Gasteiger partial charge is 0.410 e. The molecule has 2 fully saturated rings. The van der Waals surface area contributed by atoms with Gasteiger partial charge in [-0.3, -0.25) is 9.69 Å². The fourth-order valence-corrected chi connectivity index (χ4v) is 9.62. The van der Waals surface area contributed by atoms with E-state index in [1.807, 2.05) is 18.2 Å². The molecule has 3 heterocycles. The summed E-state index contributed by atoms with van der Waals surface area (Å²) in [5, 5.41) is 0.706. The summed E-state index contributed by atoms with van der Waals surface area (Å²) in [5.74, 6) is 0.151. The first-order valence-electron chi connectivity index (χ1n) is 18.0. The second-order valence-electron chi connectivity index (χ2n) is 15.5. The van der Waals surface area contributed by atoms with E-state index in [0.29, 0.717) is 55.9 Å². The Bertz CT molecular complexity index is 1810. The number of rotatable bonds is 2. The number of fused-ring (bicyclic) bond motifs is 4. The minimum Gasteiger partial charge on any atom is -0.490 e. The molecule has 2 amide bonds. The monoisotopic (exact) mass is 740 g/mol. The van der Waals surface area contributed by atoms with Crippen molar-refractivity contribution >= 4 is 39.3 Å². The Hall–Kier alpha value is -3.32. The van der Waals surface area contributed by atoms with Crippen LogP contribution in [0.25, 0.3) is 0 Å².